The molecule has 0 fully saturated rings. The molecule has 0 radical (unpaired) electrons. The molecule has 0 bridgehead atoms. The molecule has 1 aliphatic carbocycles. The van der Waals surface area contributed by atoms with Crippen molar-refractivity contribution in [1.82, 2.24) is 0 Å². The maximum atomic E-state index is 13.3. The maximum absolute atomic E-state index is 13.3. The molecule has 1 atom stereocenters. The number of hydrogen-bond donors (Lipinski definition) is 0. The Labute approximate surface area is 101 Å². The molecule has 1 aromatic rings. The number of halogens is 1. The summed E-state index contributed by atoms with van der Waals surface area (Å²) >= 11 is 0. The second-order valence-corrected chi connectivity index (χ2v) is 4.78. The highest BCUT2D eigenvalue weighted by molar-refractivity contribution is 5.58. The first-order chi connectivity index (χ1) is 8.33. The number of nitrogens with zero attached hydrogens (tertiary/aromatic N) is 1. The SMILES string of the molecule is Fc1ccc2c(c1)N(CC1C=CC=CC1)CC2. The number of anilines is 1. The van der Waals surface area contributed by atoms with Crippen LogP contribution < -0.4 is 4.90 Å². The fourth-order valence-corrected chi connectivity index (χ4v) is 2.66. The number of benzene rings is 1. The molecule has 1 nitrogen and oxygen atoms in total. The van der Waals surface area contributed by atoms with Crippen LogP contribution in [0.25, 0.3) is 0 Å². The lowest BCUT2D eigenvalue weighted by Crippen LogP contribution is -2.27. The average Bonchev–Trinajstić information content (AvgIpc) is 2.73. The normalized spacial score (nSPS) is 21.9. The van der Waals surface area contributed by atoms with Gasteiger partial charge in [0.05, 0.1) is 0 Å². The molecule has 88 valence electrons. The zero-order valence-electron chi connectivity index (χ0n) is 9.77. The zero-order chi connectivity index (χ0) is 11.7. The minimum atomic E-state index is -0.130. The lowest BCUT2D eigenvalue weighted by atomic mass is 10.0. The average molecular weight is 229 g/mol. The Morgan fingerprint density at radius 3 is 3.06 bits per heavy atom. The largest absolute Gasteiger partial charge is 0.370 e. The third-order valence-corrected chi connectivity index (χ3v) is 3.56. The highest BCUT2D eigenvalue weighted by Crippen LogP contribution is 2.30. The van der Waals surface area contributed by atoms with Gasteiger partial charge in [-0.3, -0.25) is 0 Å². The standard InChI is InChI=1S/C15H16FN/c16-14-7-6-13-8-9-17(15(13)10-14)11-12-4-2-1-3-5-12/h1-4,6-7,10,12H,5,8-9,11H2. The Balaban J connectivity index is 1.77. The van der Waals surface area contributed by atoms with Crippen LogP contribution in [0.4, 0.5) is 10.1 Å². The van der Waals surface area contributed by atoms with Crippen LogP contribution >= 0.6 is 0 Å². The molecular weight excluding hydrogens is 213 g/mol. The van der Waals surface area contributed by atoms with E-state index < -0.39 is 0 Å². The van der Waals surface area contributed by atoms with Gasteiger partial charge < -0.3 is 4.90 Å². The number of hydrogen-bond acceptors (Lipinski definition) is 1. The lowest BCUT2D eigenvalue weighted by Gasteiger charge is -2.24. The molecule has 0 N–H and O–H groups in total. The predicted octanol–water partition coefficient (Wildman–Crippen LogP) is 3.32. The summed E-state index contributed by atoms with van der Waals surface area (Å²) < 4.78 is 13.3. The van der Waals surface area contributed by atoms with Gasteiger partial charge in [-0.2, -0.15) is 0 Å². The molecule has 0 amide bonds. The quantitative estimate of drug-likeness (QED) is 0.752. The first-order valence-electron chi connectivity index (χ1n) is 6.19. The van der Waals surface area contributed by atoms with Gasteiger partial charge in [-0.1, -0.05) is 30.4 Å². The highest BCUT2D eigenvalue weighted by Gasteiger charge is 2.21. The first kappa shape index (κ1) is 10.6. The van der Waals surface area contributed by atoms with Crippen molar-refractivity contribution in [2.45, 2.75) is 12.8 Å². The molecule has 0 aromatic heterocycles. The van der Waals surface area contributed by atoms with E-state index in [4.69, 9.17) is 0 Å². The summed E-state index contributed by atoms with van der Waals surface area (Å²) in [4.78, 5) is 2.31. The van der Waals surface area contributed by atoms with Gasteiger partial charge in [-0.15, -0.1) is 0 Å². The van der Waals surface area contributed by atoms with Crippen LogP contribution in [0, 0.1) is 11.7 Å². The molecule has 1 aliphatic heterocycles. The topological polar surface area (TPSA) is 3.24 Å². The van der Waals surface area contributed by atoms with E-state index >= 15 is 0 Å². The third kappa shape index (κ3) is 2.12. The summed E-state index contributed by atoms with van der Waals surface area (Å²) in [6, 6.07) is 5.15. The van der Waals surface area contributed by atoms with E-state index in [0.29, 0.717) is 5.92 Å². The van der Waals surface area contributed by atoms with Crippen molar-refractivity contribution in [3.05, 3.63) is 53.9 Å². The summed E-state index contributed by atoms with van der Waals surface area (Å²) in [6.07, 6.45) is 10.8. The summed E-state index contributed by atoms with van der Waals surface area (Å²) in [5, 5.41) is 0. The van der Waals surface area contributed by atoms with Crippen LogP contribution in [0.15, 0.2) is 42.5 Å². The van der Waals surface area contributed by atoms with Crippen LogP contribution in [-0.4, -0.2) is 13.1 Å². The second-order valence-electron chi connectivity index (χ2n) is 4.78. The smallest absolute Gasteiger partial charge is 0.125 e. The van der Waals surface area contributed by atoms with E-state index in [1.165, 1.54) is 5.56 Å². The van der Waals surface area contributed by atoms with Crippen LogP contribution in [-0.2, 0) is 6.42 Å². The third-order valence-electron chi connectivity index (χ3n) is 3.56. The molecule has 0 saturated heterocycles. The van der Waals surface area contributed by atoms with Gasteiger partial charge >= 0.3 is 0 Å². The highest BCUT2D eigenvalue weighted by atomic mass is 19.1. The van der Waals surface area contributed by atoms with Crippen LogP contribution in [0.3, 0.4) is 0 Å². The van der Waals surface area contributed by atoms with Crippen molar-refractivity contribution in [1.29, 1.82) is 0 Å². The van der Waals surface area contributed by atoms with E-state index in [2.05, 4.69) is 29.2 Å². The minimum absolute atomic E-state index is 0.130. The van der Waals surface area contributed by atoms with Gasteiger partial charge in [-0.05, 0) is 36.5 Å². The molecule has 0 spiro atoms. The van der Waals surface area contributed by atoms with Crippen molar-refractivity contribution in [2.75, 3.05) is 18.0 Å². The molecule has 1 aromatic carbocycles. The zero-order valence-corrected chi connectivity index (χ0v) is 9.77. The van der Waals surface area contributed by atoms with Gasteiger partial charge in [0.2, 0.25) is 0 Å². The van der Waals surface area contributed by atoms with Crippen molar-refractivity contribution in [2.24, 2.45) is 5.92 Å². The van der Waals surface area contributed by atoms with Crippen molar-refractivity contribution in [3.8, 4) is 0 Å². The summed E-state index contributed by atoms with van der Waals surface area (Å²) in [5.74, 6) is 0.434. The molecule has 3 rings (SSSR count). The number of allylic oxidation sites excluding steroid dienone is 3. The minimum Gasteiger partial charge on any atom is -0.370 e. The Kier molecular flexibility index (Phi) is 2.71. The van der Waals surface area contributed by atoms with E-state index in [1.54, 1.807) is 12.1 Å². The maximum Gasteiger partial charge on any atom is 0.125 e. The van der Waals surface area contributed by atoms with E-state index in [9.17, 15) is 4.39 Å². The Bertz CT molecular complexity index is 476. The van der Waals surface area contributed by atoms with Gasteiger partial charge in [0.15, 0.2) is 0 Å². The van der Waals surface area contributed by atoms with Gasteiger partial charge in [-0.25, -0.2) is 4.39 Å². The first-order valence-corrected chi connectivity index (χ1v) is 6.19. The summed E-state index contributed by atoms with van der Waals surface area (Å²) in [7, 11) is 0. The van der Waals surface area contributed by atoms with Crippen molar-refractivity contribution < 1.29 is 4.39 Å². The Morgan fingerprint density at radius 1 is 1.29 bits per heavy atom. The molecule has 1 unspecified atom stereocenters. The lowest BCUT2D eigenvalue weighted by molar-refractivity contribution is 0.617. The van der Waals surface area contributed by atoms with Crippen LogP contribution in [0.1, 0.15) is 12.0 Å². The number of fused-ring (bicyclic) bond motifs is 1. The second kappa shape index (κ2) is 4.36. The molecular formula is C15H16FN. The number of rotatable bonds is 2. The fourth-order valence-electron chi connectivity index (χ4n) is 2.66. The Morgan fingerprint density at radius 2 is 2.24 bits per heavy atom. The van der Waals surface area contributed by atoms with Gasteiger partial charge in [0.25, 0.3) is 0 Å². The molecule has 2 heteroatoms. The van der Waals surface area contributed by atoms with Crippen LogP contribution in [0.2, 0.25) is 0 Å². The van der Waals surface area contributed by atoms with E-state index in [1.807, 2.05) is 6.07 Å². The molecule has 17 heavy (non-hydrogen) atoms. The van der Waals surface area contributed by atoms with Crippen LogP contribution in [0.5, 0.6) is 0 Å². The van der Waals surface area contributed by atoms with Crippen molar-refractivity contribution in [3.63, 3.8) is 0 Å². The van der Waals surface area contributed by atoms with Crippen molar-refractivity contribution >= 4 is 5.69 Å². The molecule has 2 aliphatic rings. The molecule has 0 saturated carbocycles. The predicted molar refractivity (Wildman–Crippen MR) is 68.7 cm³/mol. The van der Waals surface area contributed by atoms with Gasteiger partial charge in [0, 0.05) is 18.8 Å². The van der Waals surface area contributed by atoms with E-state index in [-0.39, 0.29) is 5.82 Å². The molecule has 1 heterocycles. The van der Waals surface area contributed by atoms with E-state index in [0.717, 1.165) is 31.6 Å². The summed E-state index contributed by atoms with van der Waals surface area (Å²) in [5.41, 5.74) is 2.37. The summed E-state index contributed by atoms with van der Waals surface area (Å²) in [6.45, 7) is 2.02. The monoisotopic (exact) mass is 229 g/mol. The van der Waals surface area contributed by atoms with Gasteiger partial charge in [0.1, 0.15) is 5.82 Å². The fraction of sp³-hybridized carbons (Fsp3) is 0.333. The Hall–Kier alpha value is -1.57.